The van der Waals surface area contributed by atoms with Gasteiger partial charge < -0.3 is 9.88 Å². The summed E-state index contributed by atoms with van der Waals surface area (Å²) in [4.78, 5) is 63.5. The molecule has 40 heavy (non-hydrogen) atoms. The van der Waals surface area contributed by atoms with Gasteiger partial charge >= 0.3 is 11.6 Å². The van der Waals surface area contributed by atoms with Crippen molar-refractivity contribution in [1.82, 2.24) is 43.6 Å². The lowest BCUT2D eigenvalue weighted by Gasteiger charge is -2.15. The van der Waals surface area contributed by atoms with Crippen LogP contribution < -0.4 is 16.6 Å². The molecule has 15 heteroatoms. The van der Waals surface area contributed by atoms with E-state index in [2.05, 4.69) is 35.2 Å². The minimum Gasteiger partial charge on any atom is -0.312 e. The predicted octanol–water partition coefficient (Wildman–Crippen LogP) is 1.90. The Morgan fingerprint density at radius 1 is 1.05 bits per heavy atom. The quantitative estimate of drug-likeness (QED) is 0.321. The summed E-state index contributed by atoms with van der Waals surface area (Å²) in [5, 5.41) is 2.65. The first-order valence-electron chi connectivity index (χ1n) is 12.0. The number of alkyl halides is 2. The van der Waals surface area contributed by atoms with Crippen LogP contribution in [0.1, 0.15) is 31.4 Å². The minimum atomic E-state index is -3.20. The zero-order chi connectivity index (χ0) is 28.6. The number of carbonyl (C=O) groups is 1. The third-order valence-electron chi connectivity index (χ3n) is 6.11. The van der Waals surface area contributed by atoms with Gasteiger partial charge in [-0.15, -0.1) is 0 Å². The number of nitrogens with one attached hydrogen (secondary N) is 1. The van der Waals surface area contributed by atoms with E-state index in [0.29, 0.717) is 12.6 Å². The Balaban J connectivity index is 1.43. The zero-order valence-electron chi connectivity index (χ0n) is 21.5. The molecular formula is C25H22F2N10O3. The van der Waals surface area contributed by atoms with Gasteiger partial charge in [-0.25, -0.2) is 29.7 Å². The van der Waals surface area contributed by atoms with Crippen LogP contribution in [-0.4, -0.2) is 49.5 Å². The number of hydrogen-bond donors (Lipinski definition) is 1. The largest absolute Gasteiger partial charge is 0.332 e. The van der Waals surface area contributed by atoms with Gasteiger partial charge in [0.15, 0.2) is 22.8 Å². The van der Waals surface area contributed by atoms with Gasteiger partial charge in [-0.2, -0.15) is 8.78 Å². The van der Waals surface area contributed by atoms with Gasteiger partial charge in [-0.05, 0) is 25.1 Å². The SMILES string of the molecule is CC(C(=O)Nc1ccnc(-c2cnc(C(C)(F)F)nc2)n1)n1cnc2c1c(=O)n(Cc1ccccn1)c(=O)n2C. The summed E-state index contributed by atoms with van der Waals surface area (Å²) in [6.45, 7) is 2.19. The average Bonchev–Trinajstić information content (AvgIpc) is 3.39. The lowest BCUT2D eigenvalue weighted by Crippen LogP contribution is -2.40. The molecule has 5 heterocycles. The van der Waals surface area contributed by atoms with E-state index in [9.17, 15) is 23.2 Å². The number of pyridine rings is 1. The van der Waals surface area contributed by atoms with E-state index < -0.39 is 34.9 Å². The van der Waals surface area contributed by atoms with Crippen LogP contribution in [0, 0.1) is 0 Å². The van der Waals surface area contributed by atoms with Crippen molar-refractivity contribution in [2.24, 2.45) is 7.05 Å². The monoisotopic (exact) mass is 548 g/mol. The topological polar surface area (TPSA) is 155 Å². The van der Waals surface area contributed by atoms with Crippen molar-refractivity contribution in [1.29, 1.82) is 0 Å². The Morgan fingerprint density at radius 3 is 2.48 bits per heavy atom. The number of nitrogens with zero attached hydrogens (tertiary/aromatic N) is 9. The molecule has 0 aliphatic carbocycles. The summed E-state index contributed by atoms with van der Waals surface area (Å²) >= 11 is 0. The van der Waals surface area contributed by atoms with Gasteiger partial charge in [0, 0.05) is 38.8 Å². The second kappa shape index (κ2) is 10.2. The predicted molar refractivity (Wildman–Crippen MR) is 139 cm³/mol. The minimum absolute atomic E-state index is 0.0572. The standard InChI is InChI=1S/C25H22F2N10O3/c1-14(21(38)34-17-7-9-29-19(33-17)15-10-30-23(31-11-15)25(2,26)27)37-13-32-20-18(37)22(39)36(24(40)35(20)3)12-16-6-4-5-8-28-16/h4-11,13-14H,12H2,1-3H3,(H,29,33,34,38). The highest BCUT2D eigenvalue weighted by Crippen LogP contribution is 2.24. The van der Waals surface area contributed by atoms with Gasteiger partial charge in [0.05, 0.1) is 24.1 Å². The van der Waals surface area contributed by atoms with Crippen LogP contribution in [0.25, 0.3) is 22.6 Å². The molecule has 0 spiro atoms. The Labute approximate surface area is 224 Å². The number of imidazole rings is 1. The van der Waals surface area contributed by atoms with E-state index in [1.165, 1.54) is 47.2 Å². The molecule has 1 unspecified atom stereocenters. The molecule has 13 nitrogen and oxygen atoms in total. The maximum absolute atomic E-state index is 13.4. The van der Waals surface area contributed by atoms with Crippen LogP contribution in [0.2, 0.25) is 0 Å². The van der Waals surface area contributed by atoms with E-state index in [-0.39, 0.29) is 34.9 Å². The van der Waals surface area contributed by atoms with Crippen LogP contribution in [0.15, 0.2) is 65.0 Å². The zero-order valence-corrected chi connectivity index (χ0v) is 21.5. The highest BCUT2D eigenvalue weighted by molar-refractivity contribution is 5.93. The van der Waals surface area contributed by atoms with Crippen molar-refractivity contribution < 1.29 is 13.6 Å². The molecule has 0 saturated heterocycles. The van der Waals surface area contributed by atoms with Crippen LogP contribution >= 0.6 is 0 Å². The van der Waals surface area contributed by atoms with E-state index in [4.69, 9.17) is 0 Å². The maximum Gasteiger partial charge on any atom is 0.332 e. The molecule has 0 bridgehead atoms. The van der Waals surface area contributed by atoms with Crippen LogP contribution in [0.5, 0.6) is 0 Å². The highest BCUT2D eigenvalue weighted by Gasteiger charge is 2.28. The maximum atomic E-state index is 13.4. The molecule has 5 rings (SSSR count). The van der Waals surface area contributed by atoms with E-state index in [1.807, 2.05) is 0 Å². The third kappa shape index (κ3) is 4.95. The summed E-state index contributed by atoms with van der Waals surface area (Å²) in [6.07, 6.45) is 6.59. The van der Waals surface area contributed by atoms with E-state index >= 15 is 0 Å². The second-order valence-corrected chi connectivity index (χ2v) is 8.99. The van der Waals surface area contributed by atoms with E-state index in [1.54, 1.807) is 31.3 Å². The van der Waals surface area contributed by atoms with Crippen molar-refractivity contribution in [3.05, 3.63) is 87.7 Å². The number of hydrogen-bond acceptors (Lipinski definition) is 9. The summed E-state index contributed by atoms with van der Waals surface area (Å²) in [6, 6.07) is 5.67. The fourth-order valence-corrected chi connectivity index (χ4v) is 3.97. The smallest absolute Gasteiger partial charge is 0.312 e. The van der Waals surface area contributed by atoms with Crippen LogP contribution in [0.4, 0.5) is 14.6 Å². The Morgan fingerprint density at radius 2 is 1.80 bits per heavy atom. The summed E-state index contributed by atoms with van der Waals surface area (Å²) in [5.41, 5.74) is -0.218. The Hall–Kier alpha value is -5.21. The fraction of sp³-hybridized carbons (Fsp3) is 0.240. The number of halogens is 2. The Bertz CT molecular complexity index is 1830. The van der Waals surface area contributed by atoms with Crippen molar-refractivity contribution in [2.75, 3.05) is 5.32 Å². The Kier molecular flexibility index (Phi) is 6.71. The summed E-state index contributed by atoms with van der Waals surface area (Å²) in [5.74, 6) is -4.14. The molecule has 0 fully saturated rings. The first kappa shape index (κ1) is 26.4. The van der Waals surface area contributed by atoms with E-state index in [0.717, 1.165) is 4.57 Å². The molecule has 1 N–H and O–H groups in total. The molecule has 0 aliphatic heterocycles. The lowest BCUT2D eigenvalue weighted by atomic mass is 10.3. The fourth-order valence-electron chi connectivity index (χ4n) is 3.97. The molecule has 0 aliphatic rings. The molecule has 1 atom stereocenters. The average molecular weight is 549 g/mol. The summed E-state index contributed by atoms with van der Waals surface area (Å²) < 4.78 is 30.5. The van der Waals surface area contributed by atoms with Crippen molar-refractivity contribution in [3.8, 4) is 11.4 Å². The van der Waals surface area contributed by atoms with Gasteiger partial charge in [0.2, 0.25) is 5.91 Å². The number of anilines is 1. The lowest BCUT2D eigenvalue weighted by molar-refractivity contribution is -0.118. The van der Waals surface area contributed by atoms with Gasteiger partial charge in [0.1, 0.15) is 11.9 Å². The normalized spacial score (nSPS) is 12.4. The molecule has 0 saturated carbocycles. The number of aromatic nitrogens is 9. The van der Waals surface area contributed by atoms with Crippen LogP contribution in [-0.2, 0) is 24.3 Å². The van der Waals surface area contributed by atoms with Crippen molar-refractivity contribution in [3.63, 3.8) is 0 Å². The van der Waals surface area contributed by atoms with Gasteiger partial charge in [-0.1, -0.05) is 6.07 Å². The molecule has 0 radical (unpaired) electrons. The molecule has 5 aromatic heterocycles. The molecule has 0 aromatic carbocycles. The highest BCUT2D eigenvalue weighted by atomic mass is 19.3. The number of rotatable bonds is 7. The molecule has 1 amide bonds. The third-order valence-corrected chi connectivity index (χ3v) is 6.11. The van der Waals surface area contributed by atoms with Crippen molar-refractivity contribution >= 4 is 22.9 Å². The number of aryl methyl sites for hydroxylation is 1. The molecule has 204 valence electrons. The number of amides is 1. The van der Waals surface area contributed by atoms with Gasteiger partial charge in [-0.3, -0.25) is 23.7 Å². The van der Waals surface area contributed by atoms with Gasteiger partial charge in [0.25, 0.3) is 5.56 Å². The number of fused-ring (bicyclic) bond motifs is 1. The second-order valence-electron chi connectivity index (χ2n) is 8.99. The number of carbonyl (C=O) groups excluding carboxylic acids is 1. The summed E-state index contributed by atoms with van der Waals surface area (Å²) in [7, 11) is 1.49. The first-order valence-corrected chi connectivity index (χ1v) is 12.0. The molecular weight excluding hydrogens is 526 g/mol. The van der Waals surface area contributed by atoms with Crippen molar-refractivity contribution in [2.45, 2.75) is 32.4 Å². The van der Waals surface area contributed by atoms with Crippen LogP contribution in [0.3, 0.4) is 0 Å². The first-order chi connectivity index (χ1) is 19.0. The molecule has 5 aromatic rings.